The molecule has 106 valence electrons. The molecule has 3 nitrogen and oxygen atoms in total. The van der Waals surface area contributed by atoms with Gasteiger partial charge in [-0.1, -0.05) is 13.8 Å². The molecule has 1 N–H and O–H groups in total. The van der Waals surface area contributed by atoms with Crippen molar-refractivity contribution in [1.29, 1.82) is 0 Å². The van der Waals surface area contributed by atoms with Crippen LogP contribution in [0.4, 0.5) is 0 Å². The number of nitrogens with zero attached hydrogens (tertiary/aromatic N) is 1. The zero-order valence-electron chi connectivity index (χ0n) is 12.1. The molecule has 1 heterocycles. The smallest absolute Gasteiger partial charge is 0.0826 e. The van der Waals surface area contributed by atoms with Crippen LogP contribution in [0.15, 0.2) is 0 Å². The van der Waals surface area contributed by atoms with E-state index in [4.69, 9.17) is 16.3 Å². The largest absolute Gasteiger partial charge is 0.374 e. The third kappa shape index (κ3) is 3.01. The Morgan fingerprint density at radius 1 is 1.44 bits per heavy atom. The summed E-state index contributed by atoms with van der Waals surface area (Å²) < 4.78 is 5.84. The average molecular weight is 275 g/mol. The minimum absolute atomic E-state index is 0.216. The summed E-state index contributed by atoms with van der Waals surface area (Å²) in [5, 5.41) is 3.95. The molecule has 1 saturated heterocycles. The second kappa shape index (κ2) is 5.66. The second-order valence-corrected chi connectivity index (χ2v) is 7.09. The molecule has 2 fully saturated rings. The molecule has 0 aromatic carbocycles. The van der Waals surface area contributed by atoms with Gasteiger partial charge in [-0.15, -0.1) is 11.6 Å². The van der Waals surface area contributed by atoms with Crippen LogP contribution in [0.1, 0.15) is 34.1 Å². The van der Waals surface area contributed by atoms with Gasteiger partial charge in [0.05, 0.1) is 12.7 Å². The van der Waals surface area contributed by atoms with Gasteiger partial charge in [0.1, 0.15) is 0 Å². The fraction of sp³-hybridized carbons (Fsp3) is 1.00. The van der Waals surface area contributed by atoms with Crippen molar-refractivity contribution in [3.05, 3.63) is 0 Å². The van der Waals surface area contributed by atoms with Gasteiger partial charge in [-0.3, -0.25) is 4.90 Å². The van der Waals surface area contributed by atoms with E-state index in [1.54, 1.807) is 0 Å². The summed E-state index contributed by atoms with van der Waals surface area (Å²) in [7, 11) is 0. The summed E-state index contributed by atoms with van der Waals surface area (Å²) in [5.74, 6) is 0. The minimum atomic E-state index is 0.216. The molecular weight excluding hydrogens is 248 g/mol. The predicted molar refractivity (Wildman–Crippen MR) is 76.3 cm³/mol. The molecule has 0 radical (unpaired) electrons. The maximum absolute atomic E-state index is 6.24. The monoisotopic (exact) mass is 274 g/mol. The Hall–Kier alpha value is 0.170. The zero-order chi connectivity index (χ0) is 13.3. The van der Waals surface area contributed by atoms with E-state index >= 15 is 0 Å². The fourth-order valence-corrected chi connectivity index (χ4v) is 3.16. The maximum Gasteiger partial charge on any atom is 0.0826 e. The van der Waals surface area contributed by atoms with Crippen LogP contribution in [0.3, 0.4) is 0 Å². The Kier molecular flexibility index (Phi) is 4.58. The highest BCUT2D eigenvalue weighted by molar-refractivity contribution is 6.21. The Labute approximate surface area is 116 Å². The molecule has 2 rings (SSSR count). The number of morpholine rings is 1. The number of halogens is 1. The Morgan fingerprint density at radius 2 is 2.17 bits per heavy atom. The molecule has 0 amide bonds. The van der Waals surface area contributed by atoms with Crippen LogP contribution in [-0.2, 0) is 4.74 Å². The van der Waals surface area contributed by atoms with Crippen LogP contribution >= 0.6 is 11.6 Å². The molecule has 0 bridgehead atoms. The van der Waals surface area contributed by atoms with Crippen LogP contribution in [0.2, 0.25) is 0 Å². The Bertz CT molecular complexity index is 283. The van der Waals surface area contributed by atoms with Gasteiger partial charge >= 0.3 is 0 Å². The van der Waals surface area contributed by atoms with E-state index < -0.39 is 0 Å². The first-order valence-corrected chi connectivity index (χ1v) is 7.58. The molecule has 0 aromatic heterocycles. The van der Waals surface area contributed by atoms with Crippen molar-refractivity contribution in [2.45, 2.75) is 57.7 Å². The van der Waals surface area contributed by atoms with Crippen molar-refractivity contribution >= 4 is 11.6 Å². The van der Waals surface area contributed by atoms with Gasteiger partial charge < -0.3 is 10.1 Å². The maximum atomic E-state index is 6.24. The lowest BCUT2D eigenvalue weighted by Crippen LogP contribution is -2.60. The fourth-order valence-electron chi connectivity index (χ4n) is 2.83. The number of alkyl halides is 1. The number of nitrogens with one attached hydrogen (secondary N) is 1. The minimum Gasteiger partial charge on any atom is -0.374 e. The van der Waals surface area contributed by atoms with Gasteiger partial charge in [-0.2, -0.15) is 0 Å². The van der Waals surface area contributed by atoms with Crippen LogP contribution in [0, 0.1) is 5.41 Å². The van der Waals surface area contributed by atoms with E-state index in [2.05, 4.69) is 37.9 Å². The summed E-state index contributed by atoms with van der Waals surface area (Å²) in [6.07, 6.45) is 1.40. The highest BCUT2D eigenvalue weighted by atomic mass is 35.5. The molecule has 2 aliphatic rings. The average Bonchev–Trinajstić information content (AvgIpc) is 2.34. The first kappa shape index (κ1) is 14.6. The quantitative estimate of drug-likeness (QED) is 0.795. The summed E-state index contributed by atoms with van der Waals surface area (Å²) in [5.41, 5.74) is 0.216. The molecule has 1 aliphatic heterocycles. The lowest BCUT2D eigenvalue weighted by molar-refractivity contribution is -0.0423. The first-order valence-electron chi connectivity index (χ1n) is 7.14. The Balaban J connectivity index is 1.74. The van der Waals surface area contributed by atoms with Crippen molar-refractivity contribution in [2.75, 3.05) is 26.2 Å². The van der Waals surface area contributed by atoms with Crippen LogP contribution in [0.5, 0.6) is 0 Å². The van der Waals surface area contributed by atoms with Gasteiger partial charge in [0, 0.05) is 37.1 Å². The summed E-state index contributed by atoms with van der Waals surface area (Å²) >= 11 is 6.24. The lowest BCUT2D eigenvalue weighted by Gasteiger charge is -2.50. The standard InChI is InChI=1S/C14H27ClN2O/c1-10(2)17-5-6-18-11(9-17)8-16-13-7-12(15)14(13,3)4/h10-13,16H,5-9H2,1-4H3. The number of hydrogen-bond acceptors (Lipinski definition) is 3. The van der Waals surface area contributed by atoms with E-state index in [1.165, 1.54) is 0 Å². The molecule has 0 aromatic rings. The zero-order valence-corrected chi connectivity index (χ0v) is 12.8. The molecule has 1 aliphatic carbocycles. The third-order valence-corrected chi connectivity index (χ3v) is 5.38. The molecule has 3 unspecified atom stereocenters. The summed E-state index contributed by atoms with van der Waals surface area (Å²) in [6, 6.07) is 1.15. The molecule has 3 atom stereocenters. The lowest BCUT2D eigenvalue weighted by atomic mass is 9.67. The van der Waals surface area contributed by atoms with Crippen molar-refractivity contribution in [3.8, 4) is 0 Å². The third-order valence-electron chi connectivity index (χ3n) is 4.64. The number of rotatable bonds is 4. The number of ether oxygens (including phenoxy) is 1. The van der Waals surface area contributed by atoms with Gasteiger partial charge in [0.2, 0.25) is 0 Å². The topological polar surface area (TPSA) is 24.5 Å². The van der Waals surface area contributed by atoms with Crippen molar-refractivity contribution in [3.63, 3.8) is 0 Å². The van der Waals surface area contributed by atoms with Crippen molar-refractivity contribution in [2.24, 2.45) is 5.41 Å². The highest BCUT2D eigenvalue weighted by Crippen LogP contribution is 2.44. The molecule has 1 saturated carbocycles. The van der Waals surface area contributed by atoms with E-state index in [1.807, 2.05) is 0 Å². The molecule has 4 heteroatoms. The normalized spacial score (nSPS) is 36.7. The molecule has 18 heavy (non-hydrogen) atoms. The van der Waals surface area contributed by atoms with Gasteiger partial charge in [0.25, 0.3) is 0 Å². The van der Waals surface area contributed by atoms with Crippen LogP contribution < -0.4 is 5.32 Å². The van der Waals surface area contributed by atoms with E-state index in [0.717, 1.165) is 32.7 Å². The second-order valence-electron chi connectivity index (χ2n) is 6.57. The van der Waals surface area contributed by atoms with Crippen LogP contribution in [0.25, 0.3) is 0 Å². The number of hydrogen-bond donors (Lipinski definition) is 1. The molecule has 0 spiro atoms. The van der Waals surface area contributed by atoms with E-state index in [-0.39, 0.29) is 5.41 Å². The van der Waals surface area contributed by atoms with Crippen LogP contribution in [-0.4, -0.2) is 54.7 Å². The van der Waals surface area contributed by atoms with Gasteiger partial charge in [-0.05, 0) is 25.7 Å². The Morgan fingerprint density at radius 3 is 2.72 bits per heavy atom. The van der Waals surface area contributed by atoms with Gasteiger partial charge in [-0.25, -0.2) is 0 Å². The SMILES string of the molecule is CC(C)N1CCOC(CNC2CC(Cl)C2(C)C)C1. The summed E-state index contributed by atoms with van der Waals surface area (Å²) in [6.45, 7) is 12.9. The van der Waals surface area contributed by atoms with Crippen molar-refractivity contribution < 1.29 is 4.74 Å². The highest BCUT2D eigenvalue weighted by Gasteiger charge is 2.46. The van der Waals surface area contributed by atoms with Crippen molar-refractivity contribution in [1.82, 2.24) is 10.2 Å². The van der Waals surface area contributed by atoms with E-state index in [9.17, 15) is 0 Å². The van der Waals surface area contributed by atoms with E-state index in [0.29, 0.717) is 23.6 Å². The van der Waals surface area contributed by atoms with Gasteiger partial charge in [0.15, 0.2) is 0 Å². The first-order chi connectivity index (χ1) is 8.41. The molecular formula is C14H27ClN2O. The summed E-state index contributed by atoms with van der Waals surface area (Å²) in [4.78, 5) is 2.49. The predicted octanol–water partition coefficient (Wildman–Crippen LogP) is 2.09.